The molecule has 0 radical (unpaired) electrons. The molecule has 0 aliphatic rings. The number of carbonyl (C=O) groups excluding carboxylic acids is 3. The van der Waals surface area contributed by atoms with Crippen LogP contribution in [0.1, 0.15) is 47.0 Å². The van der Waals surface area contributed by atoms with Crippen molar-refractivity contribution in [1.82, 2.24) is 16.0 Å². The molecule has 0 aliphatic heterocycles. The Kier molecular flexibility index (Phi) is 10.9. The summed E-state index contributed by atoms with van der Waals surface area (Å²) in [5, 5.41) is 8.98. The van der Waals surface area contributed by atoms with Crippen LogP contribution in [0.4, 0.5) is 0 Å². The molecule has 3 N–H and O–H groups in total. The van der Waals surface area contributed by atoms with Gasteiger partial charge in [0.2, 0.25) is 0 Å². The second-order valence-corrected chi connectivity index (χ2v) is 6.12. The maximum atomic E-state index is 11.9. The molecule has 0 unspecified atom stereocenters. The molecule has 0 aliphatic carbocycles. The van der Waals surface area contributed by atoms with Gasteiger partial charge in [-0.3, -0.25) is 20.2 Å². The van der Waals surface area contributed by atoms with Crippen LogP contribution >= 0.6 is 0 Å². The van der Waals surface area contributed by atoms with E-state index in [0.29, 0.717) is 12.6 Å². The smallest absolute Gasteiger partial charge is 0.149 e. The molecular weight excluding hydrogens is 282 g/mol. The lowest BCUT2D eigenvalue weighted by molar-refractivity contribution is -0.125. The fourth-order valence-corrected chi connectivity index (χ4v) is 1.99. The molecule has 0 heterocycles. The number of nitrogens with one attached hydrogen (secondary N) is 3. The van der Waals surface area contributed by atoms with E-state index in [4.69, 9.17) is 0 Å². The molecule has 3 atom stereocenters. The molecule has 6 nitrogen and oxygen atoms in total. The Morgan fingerprint density at radius 3 is 1.95 bits per heavy atom. The molecule has 22 heavy (non-hydrogen) atoms. The number of rotatable bonds is 13. The van der Waals surface area contributed by atoms with Gasteiger partial charge < -0.3 is 10.1 Å². The first-order valence-corrected chi connectivity index (χ1v) is 7.96. The van der Waals surface area contributed by atoms with Gasteiger partial charge in [0.15, 0.2) is 0 Å². The van der Waals surface area contributed by atoms with E-state index in [9.17, 15) is 14.4 Å². The molecule has 0 amide bonds. The van der Waals surface area contributed by atoms with Gasteiger partial charge in [-0.1, -0.05) is 13.8 Å². The summed E-state index contributed by atoms with van der Waals surface area (Å²) in [4.78, 5) is 34.5. The van der Waals surface area contributed by atoms with Gasteiger partial charge in [-0.25, -0.2) is 0 Å². The standard InChI is InChI=1S/C16H31N3O3/c1-11(2)8-14(9-20)19-10-18-13(4)16(22)7-6-15(21)12(3)17-5/h9,11-14,17-19H,6-8,10H2,1-5H3/t12-,13-,14-/m0/s1. The first kappa shape index (κ1) is 20.9. The van der Waals surface area contributed by atoms with E-state index >= 15 is 0 Å². The minimum Gasteiger partial charge on any atom is -0.311 e. The van der Waals surface area contributed by atoms with Gasteiger partial charge in [-0.2, -0.15) is 0 Å². The molecular formula is C16H31N3O3. The highest BCUT2D eigenvalue weighted by Crippen LogP contribution is 2.03. The highest BCUT2D eigenvalue weighted by Gasteiger charge is 2.17. The van der Waals surface area contributed by atoms with E-state index in [-0.39, 0.29) is 42.5 Å². The summed E-state index contributed by atoms with van der Waals surface area (Å²) in [6.07, 6.45) is 2.16. The number of Topliss-reactive ketones (excluding diaryl/α,β-unsaturated/α-hetero) is 2. The third-order valence-corrected chi connectivity index (χ3v) is 3.68. The molecule has 0 bridgehead atoms. The van der Waals surface area contributed by atoms with E-state index in [0.717, 1.165) is 12.7 Å². The van der Waals surface area contributed by atoms with Crippen LogP contribution in [0, 0.1) is 5.92 Å². The van der Waals surface area contributed by atoms with Gasteiger partial charge in [-0.05, 0) is 33.2 Å². The van der Waals surface area contributed by atoms with Crippen LogP contribution in [0.25, 0.3) is 0 Å². The quantitative estimate of drug-likeness (QED) is 0.342. The lowest BCUT2D eigenvalue weighted by Crippen LogP contribution is -2.44. The molecule has 0 aromatic carbocycles. The molecule has 0 saturated carbocycles. The third-order valence-electron chi connectivity index (χ3n) is 3.68. The van der Waals surface area contributed by atoms with Gasteiger partial charge in [0.05, 0.1) is 18.1 Å². The fraction of sp³-hybridized carbons (Fsp3) is 0.812. The summed E-state index contributed by atoms with van der Waals surface area (Å²) in [5.41, 5.74) is 0. The van der Waals surface area contributed by atoms with Crippen molar-refractivity contribution in [3.63, 3.8) is 0 Å². The average Bonchev–Trinajstić information content (AvgIpc) is 2.49. The van der Waals surface area contributed by atoms with E-state index in [1.165, 1.54) is 0 Å². The van der Waals surface area contributed by atoms with Crippen LogP contribution in [0.5, 0.6) is 0 Å². The Morgan fingerprint density at radius 1 is 0.955 bits per heavy atom. The Labute approximate surface area is 133 Å². The number of likely N-dealkylation sites (N-methyl/N-ethyl adjacent to an activating group) is 1. The predicted molar refractivity (Wildman–Crippen MR) is 87.7 cm³/mol. The zero-order chi connectivity index (χ0) is 17.1. The van der Waals surface area contributed by atoms with E-state index in [1.807, 2.05) is 0 Å². The second-order valence-electron chi connectivity index (χ2n) is 6.12. The summed E-state index contributed by atoms with van der Waals surface area (Å²) in [6.45, 7) is 8.06. The molecule has 128 valence electrons. The number of carbonyl (C=O) groups is 3. The van der Waals surface area contributed by atoms with Crippen LogP contribution in [0.2, 0.25) is 0 Å². The van der Waals surface area contributed by atoms with Crippen LogP contribution in [0.3, 0.4) is 0 Å². The van der Waals surface area contributed by atoms with Crippen LogP contribution < -0.4 is 16.0 Å². The molecule has 0 saturated heterocycles. The number of aldehydes is 1. The highest BCUT2D eigenvalue weighted by atomic mass is 16.1. The molecule has 0 spiro atoms. The van der Waals surface area contributed by atoms with E-state index < -0.39 is 0 Å². The number of ketones is 2. The molecule has 0 aromatic heterocycles. The maximum absolute atomic E-state index is 11.9. The zero-order valence-corrected chi connectivity index (χ0v) is 14.4. The van der Waals surface area contributed by atoms with Gasteiger partial charge in [0.25, 0.3) is 0 Å². The van der Waals surface area contributed by atoms with Crippen molar-refractivity contribution in [3.05, 3.63) is 0 Å². The van der Waals surface area contributed by atoms with Crippen molar-refractivity contribution < 1.29 is 14.4 Å². The van der Waals surface area contributed by atoms with Crippen molar-refractivity contribution >= 4 is 17.9 Å². The third kappa shape index (κ3) is 9.02. The molecule has 6 heteroatoms. The summed E-state index contributed by atoms with van der Waals surface area (Å²) in [5.74, 6) is 0.478. The lowest BCUT2D eigenvalue weighted by Gasteiger charge is -2.18. The minimum atomic E-state index is -0.337. The number of hydrogen-bond acceptors (Lipinski definition) is 6. The Balaban J connectivity index is 4.00. The van der Waals surface area contributed by atoms with Crippen molar-refractivity contribution in [2.75, 3.05) is 13.7 Å². The zero-order valence-electron chi connectivity index (χ0n) is 14.4. The van der Waals surface area contributed by atoms with Gasteiger partial charge in [0, 0.05) is 19.5 Å². The first-order valence-electron chi connectivity index (χ1n) is 7.96. The second kappa shape index (κ2) is 11.5. The average molecular weight is 313 g/mol. The van der Waals surface area contributed by atoms with Crippen molar-refractivity contribution in [3.8, 4) is 0 Å². The first-order chi connectivity index (χ1) is 10.3. The lowest BCUT2D eigenvalue weighted by atomic mass is 10.0. The Hall–Kier alpha value is -1.11. The van der Waals surface area contributed by atoms with Crippen molar-refractivity contribution in [1.29, 1.82) is 0 Å². The SMILES string of the molecule is CN[C@@H](C)C(=O)CCC(=O)[C@H](C)NCN[C@H](C=O)CC(C)C. The summed E-state index contributed by atoms with van der Waals surface area (Å²) in [6, 6.07) is -0.758. The topological polar surface area (TPSA) is 87.3 Å². The molecule has 0 rings (SSSR count). The van der Waals surface area contributed by atoms with Crippen LogP contribution in [0.15, 0.2) is 0 Å². The monoisotopic (exact) mass is 313 g/mol. The van der Waals surface area contributed by atoms with E-state index in [2.05, 4.69) is 29.8 Å². The normalized spacial score (nSPS) is 15.4. The fourth-order valence-electron chi connectivity index (χ4n) is 1.99. The van der Waals surface area contributed by atoms with Crippen LogP contribution in [-0.4, -0.2) is 49.7 Å². The summed E-state index contributed by atoms with van der Waals surface area (Å²) >= 11 is 0. The summed E-state index contributed by atoms with van der Waals surface area (Å²) in [7, 11) is 1.72. The van der Waals surface area contributed by atoms with Gasteiger partial charge >= 0.3 is 0 Å². The van der Waals surface area contributed by atoms with Gasteiger partial charge in [-0.15, -0.1) is 0 Å². The van der Waals surface area contributed by atoms with Gasteiger partial charge in [0.1, 0.15) is 17.9 Å². The van der Waals surface area contributed by atoms with Crippen molar-refractivity contribution in [2.24, 2.45) is 5.92 Å². The van der Waals surface area contributed by atoms with Crippen LogP contribution in [-0.2, 0) is 14.4 Å². The maximum Gasteiger partial charge on any atom is 0.149 e. The minimum absolute atomic E-state index is 0.00460. The summed E-state index contributed by atoms with van der Waals surface area (Å²) < 4.78 is 0. The number of hydrogen-bond donors (Lipinski definition) is 3. The van der Waals surface area contributed by atoms with Crippen molar-refractivity contribution in [2.45, 2.75) is 65.1 Å². The molecule has 0 fully saturated rings. The van der Waals surface area contributed by atoms with E-state index in [1.54, 1.807) is 20.9 Å². The highest BCUT2D eigenvalue weighted by molar-refractivity contribution is 5.90. The Morgan fingerprint density at radius 2 is 1.50 bits per heavy atom. The molecule has 0 aromatic rings. The Bertz CT molecular complexity index is 359. The largest absolute Gasteiger partial charge is 0.311 e. The predicted octanol–water partition coefficient (Wildman–Crippen LogP) is 0.652.